The van der Waals surface area contributed by atoms with Gasteiger partial charge in [-0.3, -0.25) is 0 Å². The lowest BCUT2D eigenvalue weighted by molar-refractivity contribution is -0.174. The third-order valence-corrected chi connectivity index (χ3v) is 1.94. The summed E-state index contributed by atoms with van der Waals surface area (Å²) in [5.41, 5.74) is 0. The van der Waals surface area contributed by atoms with Crippen molar-refractivity contribution in [3.05, 3.63) is 0 Å². The maximum Gasteiger partial charge on any atom is 0.411 e. The number of hydrogen-bond acceptors (Lipinski definition) is 2. The highest BCUT2D eigenvalue weighted by Gasteiger charge is 2.27. The van der Waals surface area contributed by atoms with Crippen LogP contribution in [0.4, 0.5) is 18.0 Å². The van der Waals surface area contributed by atoms with Gasteiger partial charge in [0.2, 0.25) is 0 Å². The van der Waals surface area contributed by atoms with Gasteiger partial charge in [0.05, 0.1) is 6.61 Å². The lowest BCUT2D eigenvalue weighted by Crippen LogP contribution is -2.47. The number of halogens is 3. The molecule has 0 saturated carbocycles. The minimum absolute atomic E-state index is 0.0903. The molecule has 0 spiro atoms. The quantitative estimate of drug-likeness (QED) is 0.726. The van der Waals surface area contributed by atoms with Gasteiger partial charge in [-0.25, -0.2) is 4.79 Å². The van der Waals surface area contributed by atoms with Crippen LogP contribution >= 0.6 is 0 Å². The molecule has 7 heteroatoms. The molecule has 1 rings (SSSR count). The van der Waals surface area contributed by atoms with Gasteiger partial charge in [0, 0.05) is 19.6 Å². The van der Waals surface area contributed by atoms with Gasteiger partial charge in [0.15, 0.2) is 0 Å². The zero-order valence-electron chi connectivity index (χ0n) is 8.14. The van der Waals surface area contributed by atoms with E-state index in [1.54, 1.807) is 0 Å². The van der Waals surface area contributed by atoms with Gasteiger partial charge in [-0.2, -0.15) is 13.2 Å². The Labute approximate surface area is 85.4 Å². The first-order chi connectivity index (χ1) is 6.99. The van der Waals surface area contributed by atoms with Gasteiger partial charge in [-0.1, -0.05) is 0 Å². The average Bonchev–Trinajstić information content (AvgIpc) is 2.13. The van der Waals surface area contributed by atoms with Crippen molar-refractivity contribution in [3.63, 3.8) is 0 Å². The SMILES string of the molecule is O=C1NCCCN1CCOCC(F)(F)F. The molecule has 1 heterocycles. The molecule has 0 radical (unpaired) electrons. The van der Waals surface area contributed by atoms with Crippen LogP contribution in [0.3, 0.4) is 0 Å². The number of rotatable bonds is 4. The van der Waals surface area contributed by atoms with E-state index in [-0.39, 0.29) is 19.2 Å². The first kappa shape index (κ1) is 12.1. The van der Waals surface area contributed by atoms with Crippen LogP contribution in [0.5, 0.6) is 0 Å². The summed E-state index contributed by atoms with van der Waals surface area (Å²) < 4.78 is 39.4. The summed E-state index contributed by atoms with van der Waals surface area (Å²) in [4.78, 5) is 12.6. The Morgan fingerprint density at radius 2 is 2.20 bits per heavy atom. The van der Waals surface area contributed by atoms with E-state index in [0.717, 1.165) is 6.42 Å². The second-order valence-electron chi connectivity index (χ2n) is 3.24. The lowest BCUT2D eigenvalue weighted by Gasteiger charge is -2.27. The minimum atomic E-state index is -4.30. The summed E-state index contributed by atoms with van der Waals surface area (Å²) in [6.45, 7) is 0.0389. The first-order valence-corrected chi connectivity index (χ1v) is 4.66. The van der Waals surface area contributed by atoms with E-state index in [1.807, 2.05) is 0 Å². The van der Waals surface area contributed by atoms with Crippen LogP contribution in [0.25, 0.3) is 0 Å². The van der Waals surface area contributed by atoms with E-state index < -0.39 is 12.8 Å². The Kier molecular flexibility index (Phi) is 4.19. The third-order valence-electron chi connectivity index (χ3n) is 1.94. The molecule has 0 aromatic carbocycles. The van der Waals surface area contributed by atoms with Gasteiger partial charge >= 0.3 is 12.2 Å². The normalized spacial score (nSPS) is 17.8. The molecule has 0 unspecified atom stereocenters. The Hall–Kier alpha value is -0.980. The van der Waals surface area contributed by atoms with Crippen LogP contribution in [0.2, 0.25) is 0 Å². The molecule has 0 atom stereocenters. The molecule has 1 aliphatic heterocycles. The maximum absolute atomic E-state index is 11.7. The van der Waals surface area contributed by atoms with Crippen molar-refractivity contribution in [2.24, 2.45) is 0 Å². The van der Waals surface area contributed by atoms with E-state index in [1.165, 1.54) is 4.90 Å². The molecule has 0 aromatic rings. The van der Waals surface area contributed by atoms with Crippen LogP contribution < -0.4 is 5.32 Å². The Balaban J connectivity index is 2.11. The van der Waals surface area contributed by atoms with Crippen molar-refractivity contribution in [1.29, 1.82) is 0 Å². The monoisotopic (exact) mass is 226 g/mol. The van der Waals surface area contributed by atoms with Gasteiger partial charge in [-0.05, 0) is 6.42 Å². The summed E-state index contributed by atoms with van der Waals surface area (Å²) in [7, 11) is 0. The van der Waals surface area contributed by atoms with E-state index in [9.17, 15) is 18.0 Å². The molecule has 15 heavy (non-hydrogen) atoms. The highest BCUT2D eigenvalue weighted by Crippen LogP contribution is 2.14. The topological polar surface area (TPSA) is 41.6 Å². The highest BCUT2D eigenvalue weighted by atomic mass is 19.4. The molecule has 1 saturated heterocycles. The van der Waals surface area contributed by atoms with Gasteiger partial charge < -0.3 is 15.0 Å². The number of urea groups is 1. The second-order valence-corrected chi connectivity index (χ2v) is 3.24. The highest BCUT2D eigenvalue weighted by molar-refractivity contribution is 5.74. The summed E-state index contributed by atoms with van der Waals surface area (Å²) in [5.74, 6) is 0. The fourth-order valence-corrected chi connectivity index (χ4v) is 1.25. The third kappa shape index (κ3) is 4.87. The molecule has 1 N–H and O–H groups in total. The van der Waals surface area contributed by atoms with Crippen molar-refractivity contribution in [2.45, 2.75) is 12.6 Å². The van der Waals surface area contributed by atoms with Crippen molar-refractivity contribution in [2.75, 3.05) is 32.8 Å². The number of nitrogens with one attached hydrogen (secondary N) is 1. The predicted octanol–water partition coefficient (Wildman–Crippen LogP) is 0.981. The Bertz CT molecular complexity index is 220. The zero-order chi connectivity index (χ0) is 11.3. The first-order valence-electron chi connectivity index (χ1n) is 4.66. The van der Waals surface area contributed by atoms with E-state index in [2.05, 4.69) is 10.1 Å². The minimum Gasteiger partial charge on any atom is -0.370 e. The summed E-state index contributed by atoms with van der Waals surface area (Å²) in [6.07, 6.45) is -3.49. The van der Waals surface area contributed by atoms with Crippen LogP contribution in [-0.2, 0) is 4.74 Å². The van der Waals surface area contributed by atoms with E-state index in [0.29, 0.717) is 13.1 Å². The van der Waals surface area contributed by atoms with Crippen molar-refractivity contribution in [1.82, 2.24) is 10.2 Å². The molecular formula is C8H13F3N2O2. The Morgan fingerprint density at radius 1 is 1.47 bits per heavy atom. The standard InChI is InChI=1S/C8H13F3N2O2/c9-8(10,11)6-15-5-4-13-3-1-2-12-7(13)14/h1-6H2,(H,12,14). The largest absolute Gasteiger partial charge is 0.411 e. The summed E-state index contributed by atoms with van der Waals surface area (Å²) in [6, 6.07) is -0.239. The molecule has 0 bridgehead atoms. The molecular weight excluding hydrogens is 213 g/mol. The van der Waals surface area contributed by atoms with Crippen LogP contribution in [0.1, 0.15) is 6.42 Å². The summed E-state index contributed by atoms with van der Waals surface area (Å²) >= 11 is 0. The molecule has 1 fully saturated rings. The van der Waals surface area contributed by atoms with Crippen LogP contribution in [-0.4, -0.2) is 50.0 Å². The maximum atomic E-state index is 11.7. The van der Waals surface area contributed by atoms with Crippen LogP contribution in [0, 0.1) is 0 Å². The zero-order valence-corrected chi connectivity index (χ0v) is 8.14. The fourth-order valence-electron chi connectivity index (χ4n) is 1.25. The van der Waals surface area contributed by atoms with Crippen molar-refractivity contribution >= 4 is 6.03 Å². The fraction of sp³-hybridized carbons (Fsp3) is 0.875. The number of hydrogen-bond donors (Lipinski definition) is 1. The number of carbonyl (C=O) groups is 1. The lowest BCUT2D eigenvalue weighted by atomic mass is 10.3. The van der Waals surface area contributed by atoms with Crippen LogP contribution in [0.15, 0.2) is 0 Å². The summed E-state index contributed by atoms with van der Waals surface area (Å²) in [5, 5.41) is 2.60. The number of ether oxygens (including phenoxy) is 1. The molecule has 0 aliphatic carbocycles. The molecule has 2 amide bonds. The molecule has 4 nitrogen and oxygen atoms in total. The molecule has 88 valence electrons. The van der Waals surface area contributed by atoms with Crippen molar-refractivity contribution in [3.8, 4) is 0 Å². The molecule has 0 aromatic heterocycles. The predicted molar refractivity (Wildman–Crippen MR) is 46.5 cm³/mol. The van der Waals surface area contributed by atoms with Gasteiger partial charge in [-0.15, -0.1) is 0 Å². The van der Waals surface area contributed by atoms with Gasteiger partial charge in [0.1, 0.15) is 6.61 Å². The van der Waals surface area contributed by atoms with Gasteiger partial charge in [0.25, 0.3) is 0 Å². The molecule has 1 aliphatic rings. The van der Waals surface area contributed by atoms with E-state index in [4.69, 9.17) is 0 Å². The number of amides is 2. The van der Waals surface area contributed by atoms with Crippen molar-refractivity contribution < 1.29 is 22.7 Å². The number of nitrogens with zero attached hydrogens (tertiary/aromatic N) is 1. The van der Waals surface area contributed by atoms with E-state index >= 15 is 0 Å². The number of carbonyl (C=O) groups excluding carboxylic acids is 1. The Morgan fingerprint density at radius 3 is 2.80 bits per heavy atom. The second kappa shape index (κ2) is 5.20. The smallest absolute Gasteiger partial charge is 0.370 e. The average molecular weight is 226 g/mol. The number of alkyl halides is 3.